The number of benzene rings is 2. The van der Waals surface area contributed by atoms with E-state index in [9.17, 15) is 14.9 Å². The fourth-order valence-corrected chi connectivity index (χ4v) is 3.01. The lowest BCUT2D eigenvalue weighted by molar-refractivity contribution is -0.385. The monoisotopic (exact) mass is 469 g/mol. The highest BCUT2D eigenvalue weighted by Crippen LogP contribution is 2.18. The Balaban J connectivity index is 1.71. The Morgan fingerprint density at radius 1 is 1.23 bits per heavy atom. The van der Waals surface area contributed by atoms with E-state index in [0.717, 1.165) is 15.6 Å². The van der Waals surface area contributed by atoms with Gasteiger partial charge >= 0.3 is 5.69 Å². The number of hydrazone groups is 1. The zero-order valence-electron chi connectivity index (χ0n) is 16.4. The van der Waals surface area contributed by atoms with Gasteiger partial charge in [0.05, 0.1) is 17.7 Å². The molecule has 30 heavy (non-hydrogen) atoms. The van der Waals surface area contributed by atoms with Crippen molar-refractivity contribution in [2.45, 2.75) is 26.3 Å². The van der Waals surface area contributed by atoms with Gasteiger partial charge in [-0.3, -0.25) is 19.6 Å². The number of aromatic nitrogens is 2. The van der Waals surface area contributed by atoms with Gasteiger partial charge < -0.3 is 0 Å². The van der Waals surface area contributed by atoms with Crippen LogP contribution in [0, 0.1) is 10.1 Å². The Bertz CT molecular complexity index is 1070. The Morgan fingerprint density at radius 2 is 1.90 bits per heavy atom. The molecule has 1 aromatic heterocycles. The first-order chi connectivity index (χ1) is 14.3. The van der Waals surface area contributed by atoms with Crippen LogP contribution in [0.2, 0.25) is 0 Å². The smallest absolute Gasteiger partial charge is 0.265 e. The van der Waals surface area contributed by atoms with E-state index in [1.165, 1.54) is 22.7 Å². The van der Waals surface area contributed by atoms with Gasteiger partial charge in [0.1, 0.15) is 6.20 Å². The van der Waals surface area contributed by atoms with E-state index in [1.807, 2.05) is 48.5 Å². The van der Waals surface area contributed by atoms with Gasteiger partial charge in [0, 0.05) is 4.47 Å². The summed E-state index contributed by atoms with van der Waals surface area (Å²) in [4.78, 5) is 23.1. The largest absolute Gasteiger partial charge is 0.320 e. The van der Waals surface area contributed by atoms with Crippen LogP contribution in [0.15, 0.2) is 64.3 Å². The van der Waals surface area contributed by atoms with Gasteiger partial charge in [-0.1, -0.05) is 66.2 Å². The molecule has 0 saturated carbocycles. The number of nitrogens with zero attached hydrogens (tertiary/aromatic N) is 4. The van der Waals surface area contributed by atoms with Crippen molar-refractivity contribution in [3.8, 4) is 0 Å². The van der Waals surface area contributed by atoms with E-state index < -0.39 is 10.8 Å². The van der Waals surface area contributed by atoms with Crippen molar-refractivity contribution >= 4 is 33.7 Å². The first-order valence-electron chi connectivity index (χ1n) is 9.23. The summed E-state index contributed by atoms with van der Waals surface area (Å²) in [5.74, 6) is -0.324. The summed E-state index contributed by atoms with van der Waals surface area (Å²) in [5.41, 5.74) is 4.54. The molecule has 8 nitrogen and oxygen atoms in total. The molecule has 0 bridgehead atoms. The van der Waals surface area contributed by atoms with Gasteiger partial charge in [-0.05, 0) is 34.7 Å². The van der Waals surface area contributed by atoms with Gasteiger partial charge in [-0.2, -0.15) is 10.2 Å². The zero-order chi connectivity index (χ0) is 21.7. The second-order valence-electron chi connectivity index (χ2n) is 6.96. The van der Waals surface area contributed by atoms with Crippen LogP contribution in [-0.2, 0) is 6.54 Å². The lowest BCUT2D eigenvalue weighted by Gasteiger charge is -2.04. The van der Waals surface area contributed by atoms with Crippen LogP contribution in [0.3, 0.4) is 0 Å². The fourth-order valence-electron chi connectivity index (χ4n) is 2.75. The molecule has 1 heterocycles. The van der Waals surface area contributed by atoms with Gasteiger partial charge in [-0.15, -0.1) is 0 Å². The number of nitro groups is 1. The molecule has 0 aliphatic rings. The van der Waals surface area contributed by atoms with Crippen LogP contribution in [0.1, 0.15) is 46.9 Å². The summed E-state index contributed by atoms with van der Waals surface area (Å²) in [5, 5.41) is 19.3. The molecule has 154 valence electrons. The highest BCUT2D eigenvalue weighted by atomic mass is 79.9. The number of carbonyl (C=O) groups is 1. The molecule has 0 aliphatic carbocycles. The molecule has 9 heteroatoms. The molecule has 0 unspecified atom stereocenters. The molecule has 3 aromatic rings. The van der Waals surface area contributed by atoms with E-state index in [1.54, 1.807) is 0 Å². The first kappa shape index (κ1) is 21.4. The summed E-state index contributed by atoms with van der Waals surface area (Å²) in [7, 11) is 0. The number of hydrogen-bond acceptors (Lipinski definition) is 5. The van der Waals surface area contributed by atoms with E-state index in [2.05, 4.69) is 45.4 Å². The second-order valence-corrected chi connectivity index (χ2v) is 7.88. The van der Waals surface area contributed by atoms with Crippen molar-refractivity contribution in [2.75, 3.05) is 0 Å². The third kappa shape index (κ3) is 5.38. The number of halogens is 1. The van der Waals surface area contributed by atoms with Crippen LogP contribution in [0.4, 0.5) is 5.69 Å². The third-order valence-electron chi connectivity index (χ3n) is 4.39. The normalized spacial score (nSPS) is 11.2. The van der Waals surface area contributed by atoms with Crippen molar-refractivity contribution in [1.82, 2.24) is 15.2 Å². The summed E-state index contributed by atoms with van der Waals surface area (Å²) < 4.78 is 2.29. The standard InChI is InChI=1S/C21H20BrN5O3/c1-14(2)17-7-3-15(4-8-17)11-23-24-21(28)20-19(27(29)30)13-26(25-20)12-16-5-9-18(22)10-6-16/h3-11,13-14H,12H2,1-2H3,(H,24,28)/b23-11-. The summed E-state index contributed by atoms with van der Waals surface area (Å²) in [6.07, 6.45) is 2.72. The predicted octanol–water partition coefficient (Wildman–Crippen LogP) is 4.49. The number of nitrogens with one attached hydrogen (secondary N) is 1. The molecule has 1 amide bonds. The van der Waals surface area contributed by atoms with Crippen LogP contribution in [0.5, 0.6) is 0 Å². The molecular formula is C21H20BrN5O3. The minimum absolute atomic E-state index is 0.288. The van der Waals surface area contributed by atoms with Crippen molar-refractivity contribution in [1.29, 1.82) is 0 Å². The van der Waals surface area contributed by atoms with E-state index >= 15 is 0 Å². The molecule has 3 rings (SSSR count). The molecule has 0 saturated heterocycles. The number of hydrogen-bond donors (Lipinski definition) is 1. The average Bonchev–Trinajstić information content (AvgIpc) is 3.14. The fraction of sp³-hybridized carbons (Fsp3) is 0.190. The zero-order valence-corrected chi connectivity index (χ0v) is 18.0. The van der Waals surface area contributed by atoms with Crippen molar-refractivity contribution in [3.63, 3.8) is 0 Å². The Hall–Kier alpha value is -3.33. The van der Waals surface area contributed by atoms with Crippen molar-refractivity contribution in [2.24, 2.45) is 5.10 Å². The lowest BCUT2D eigenvalue weighted by Crippen LogP contribution is -2.19. The Kier molecular flexibility index (Phi) is 6.73. The first-order valence-corrected chi connectivity index (χ1v) is 10.0. The van der Waals surface area contributed by atoms with Gasteiger partial charge in [0.15, 0.2) is 0 Å². The van der Waals surface area contributed by atoms with Gasteiger partial charge in [0.2, 0.25) is 5.69 Å². The summed E-state index contributed by atoms with van der Waals surface area (Å²) in [6, 6.07) is 15.2. The minimum atomic E-state index is -0.744. The van der Waals surface area contributed by atoms with Crippen molar-refractivity contribution in [3.05, 3.63) is 91.7 Å². The maximum absolute atomic E-state index is 12.4. The van der Waals surface area contributed by atoms with Crippen LogP contribution in [-0.4, -0.2) is 26.8 Å². The summed E-state index contributed by atoms with van der Waals surface area (Å²) >= 11 is 3.36. The van der Waals surface area contributed by atoms with E-state index in [-0.39, 0.29) is 11.4 Å². The maximum atomic E-state index is 12.4. The van der Waals surface area contributed by atoms with Crippen LogP contribution >= 0.6 is 15.9 Å². The molecule has 0 aliphatic heterocycles. The molecule has 0 spiro atoms. The molecule has 1 N–H and O–H groups in total. The molecule has 2 aromatic carbocycles. The SMILES string of the molecule is CC(C)c1ccc(/C=N\NC(=O)c2nn(Cc3ccc(Br)cc3)cc2[N+](=O)[O-])cc1. The molecule has 0 radical (unpaired) electrons. The highest BCUT2D eigenvalue weighted by Gasteiger charge is 2.25. The Labute approximate surface area is 181 Å². The van der Waals surface area contributed by atoms with E-state index in [4.69, 9.17) is 0 Å². The third-order valence-corrected chi connectivity index (χ3v) is 4.92. The topological polar surface area (TPSA) is 102 Å². The second kappa shape index (κ2) is 9.45. The molecule has 0 atom stereocenters. The van der Waals surface area contributed by atoms with E-state index in [0.29, 0.717) is 12.5 Å². The Morgan fingerprint density at radius 3 is 2.50 bits per heavy atom. The quantitative estimate of drug-likeness (QED) is 0.312. The summed E-state index contributed by atoms with van der Waals surface area (Å²) in [6.45, 7) is 4.51. The van der Waals surface area contributed by atoms with Gasteiger partial charge in [0.25, 0.3) is 5.91 Å². The number of rotatable bonds is 7. The number of amides is 1. The molecular weight excluding hydrogens is 450 g/mol. The number of carbonyl (C=O) groups excluding carboxylic acids is 1. The predicted molar refractivity (Wildman–Crippen MR) is 118 cm³/mol. The van der Waals surface area contributed by atoms with Crippen LogP contribution in [0.25, 0.3) is 0 Å². The van der Waals surface area contributed by atoms with Crippen molar-refractivity contribution < 1.29 is 9.72 Å². The highest BCUT2D eigenvalue weighted by molar-refractivity contribution is 9.10. The average molecular weight is 470 g/mol. The van der Waals surface area contributed by atoms with Gasteiger partial charge in [-0.25, -0.2) is 5.43 Å². The van der Waals surface area contributed by atoms with Crippen LogP contribution < -0.4 is 5.43 Å². The lowest BCUT2D eigenvalue weighted by atomic mass is 10.0. The maximum Gasteiger partial charge on any atom is 0.320 e. The molecule has 0 fully saturated rings. The minimum Gasteiger partial charge on any atom is -0.265 e.